The fourth-order valence-electron chi connectivity index (χ4n) is 5.24. The Morgan fingerprint density at radius 3 is 2.56 bits per heavy atom. The van der Waals surface area contributed by atoms with Crippen LogP contribution in [0.5, 0.6) is 0 Å². The minimum Gasteiger partial charge on any atom is -0.493 e. The highest BCUT2D eigenvalue weighted by molar-refractivity contribution is 6.27. The molecule has 2 aliphatic rings. The first-order chi connectivity index (χ1) is 17.7. The number of hydrogen-bond donors (Lipinski definition) is 0. The number of halogens is 1. The molecule has 0 bridgehead atoms. The van der Waals surface area contributed by atoms with Gasteiger partial charge in [0, 0.05) is 24.7 Å². The summed E-state index contributed by atoms with van der Waals surface area (Å²) in [5.74, 6) is -0.249. The molecule has 5 rings (SSSR count). The van der Waals surface area contributed by atoms with Gasteiger partial charge in [-0.3, -0.25) is 4.79 Å². The smallest absolute Gasteiger partial charge is 0.229 e. The molecule has 5 nitrogen and oxygen atoms in total. The number of hydrogen-bond acceptors (Lipinski definition) is 4. The summed E-state index contributed by atoms with van der Waals surface area (Å²) in [7, 11) is 1.50. The average molecular weight is 487 g/mol. The second-order valence-corrected chi connectivity index (χ2v) is 9.32. The zero-order chi connectivity index (χ0) is 24.9. The number of rotatable bonds is 5. The van der Waals surface area contributed by atoms with E-state index in [9.17, 15) is 4.79 Å². The van der Waals surface area contributed by atoms with Crippen molar-refractivity contribution in [2.24, 2.45) is 0 Å². The van der Waals surface area contributed by atoms with Crippen LogP contribution in [0.25, 0.3) is 11.3 Å². The Kier molecular flexibility index (Phi) is 7.42. The van der Waals surface area contributed by atoms with E-state index in [1.54, 1.807) is 17.0 Å². The lowest BCUT2D eigenvalue weighted by Crippen LogP contribution is -2.16. The second-order valence-electron chi connectivity index (χ2n) is 9.32. The molecule has 1 unspecified atom stereocenters. The van der Waals surface area contributed by atoms with Crippen molar-refractivity contribution in [2.45, 2.75) is 43.9 Å². The van der Waals surface area contributed by atoms with E-state index in [1.807, 2.05) is 60.7 Å². The molecule has 1 aliphatic carbocycles. The number of ketones is 1. The quantitative estimate of drug-likeness (QED) is 0.421. The van der Waals surface area contributed by atoms with Gasteiger partial charge >= 0.3 is 0 Å². The first-order valence-electron chi connectivity index (χ1n) is 12.6. The molecule has 0 radical (unpaired) electrons. The molecule has 1 aromatic heterocycles. The highest BCUT2D eigenvalue weighted by Crippen LogP contribution is 2.36. The lowest BCUT2D eigenvalue weighted by molar-refractivity contribution is -0.113. The van der Waals surface area contributed by atoms with Gasteiger partial charge in [0.25, 0.3) is 0 Å². The Morgan fingerprint density at radius 2 is 1.78 bits per heavy atom. The van der Waals surface area contributed by atoms with Crippen LogP contribution in [0.4, 0.5) is 4.39 Å². The third-order valence-electron chi connectivity index (χ3n) is 7.15. The van der Waals surface area contributed by atoms with Gasteiger partial charge in [0.15, 0.2) is 5.76 Å². The van der Waals surface area contributed by atoms with Crippen molar-refractivity contribution in [3.63, 3.8) is 0 Å². The van der Waals surface area contributed by atoms with Crippen molar-refractivity contribution in [3.8, 4) is 5.69 Å². The predicted octanol–water partition coefficient (Wildman–Crippen LogP) is 6.36. The van der Waals surface area contributed by atoms with Crippen molar-refractivity contribution in [2.75, 3.05) is 20.3 Å². The van der Waals surface area contributed by atoms with E-state index in [0.717, 1.165) is 36.9 Å². The molecule has 1 aliphatic heterocycles. The van der Waals surface area contributed by atoms with Crippen LogP contribution in [-0.2, 0) is 14.3 Å². The van der Waals surface area contributed by atoms with Crippen molar-refractivity contribution in [1.82, 2.24) is 9.78 Å². The summed E-state index contributed by atoms with van der Waals surface area (Å²) in [6, 6.07) is 17.2. The summed E-state index contributed by atoms with van der Waals surface area (Å²) in [4.78, 5) is 13.7. The number of ether oxygens (including phenoxy) is 2. The van der Waals surface area contributed by atoms with E-state index in [1.165, 1.54) is 7.11 Å². The molecule has 0 amide bonds. The highest BCUT2D eigenvalue weighted by atomic mass is 19.1. The number of carbonyl (C=O) groups excluding carboxylic acids is 1. The summed E-state index contributed by atoms with van der Waals surface area (Å²) in [5, 5.41) is 4.46. The predicted molar refractivity (Wildman–Crippen MR) is 137 cm³/mol. The van der Waals surface area contributed by atoms with Crippen LogP contribution < -0.4 is 0 Å². The SMILES string of the molecule is COC1=CC(c2cccc(C3CCOCC3)c2F)CCCC=C(c2ccnn2-c2ccccc2)C1=O. The van der Waals surface area contributed by atoms with Gasteiger partial charge in [-0.25, -0.2) is 9.07 Å². The molecule has 0 spiro atoms. The zero-order valence-corrected chi connectivity index (χ0v) is 20.5. The monoisotopic (exact) mass is 486 g/mol. The minimum absolute atomic E-state index is 0.161. The van der Waals surface area contributed by atoms with Crippen molar-refractivity contribution in [3.05, 3.63) is 101 Å². The van der Waals surface area contributed by atoms with Crippen LogP contribution >= 0.6 is 0 Å². The first kappa shape index (κ1) is 24.2. The number of carbonyl (C=O) groups is 1. The molecule has 1 fully saturated rings. The molecular formula is C30H31FN2O3. The molecular weight excluding hydrogens is 455 g/mol. The standard InChI is InChI=1S/C30H31FN2O3/c1-35-28-20-22(25-13-7-12-24(29(25)31)21-15-18-36-19-16-21)8-5-6-11-26(30(28)34)27-14-17-32-33(27)23-9-3-2-4-10-23/h2-4,7,9-14,17,20-22H,5-6,8,15-16,18-19H2,1H3. The van der Waals surface area contributed by atoms with Crippen molar-refractivity contribution >= 4 is 11.4 Å². The molecule has 1 atom stereocenters. The molecule has 3 aromatic rings. The molecule has 6 heteroatoms. The van der Waals surface area contributed by atoms with Crippen LogP contribution in [0.1, 0.15) is 60.8 Å². The zero-order valence-electron chi connectivity index (χ0n) is 20.5. The Hall–Kier alpha value is -3.51. The molecule has 2 aromatic carbocycles. The molecule has 36 heavy (non-hydrogen) atoms. The first-order valence-corrected chi connectivity index (χ1v) is 12.6. The van der Waals surface area contributed by atoms with Gasteiger partial charge in [-0.15, -0.1) is 0 Å². The Morgan fingerprint density at radius 1 is 1.00 bits per heavy atom. The Bertz CT molecular complexity index is 1270. The van der Waals surface area contributed by atoms with E-state index in [2.05, 4.69) is 5.10 Å². The maximum absolute atomic E-state index is 15.8. The van der Waals surface area contributed by atoms with Gasteiger partial charge in [0.1, 0.15) is 5.82 Å². The minimum atomic E-state index is -0.254. The van der Waals surface area contributed by atoms with Gasteiger partial charge in [0.2, 0.25) is 5.78 Å². The normalized spacial score (nSPS) is 19.6. The largest absolute Gasteiger partial charge is 0.493 e. The summed E-state index contributed by atoms with van der Waals surface area (Å²) < 4.78 is 28.7. The maximum atomic E-state index is 15.8. The summed E-state index contributed by atoms with van der Waals surface area (Å²) in [6.45, 7) is 1.32. The van der Waals surface area contributed by atoms with Crippen molar-refractivity contribution in [1.29, 1.82) is 0 Å². The maximum Gasteiger partial charge on any atom is 0.229 e. The number of nitrogens with zero attached hydrogens (tertiary/aromatic N) is 2. The summed E-state index contributed by atoms with van der Waals surface area (Å²) in [6.07, 6.45) is 9.34. The van der Waals surface area contributed by atoms with E-state index in [4.69, 9.17) is 9.47 Å². The second kappa shape index (κ2) is 11.0. The number of Topliss-reactive ketones (excluding diaryl/α,β-unsaturated/α-hetero) is 1. The van der Waals surface area contributed by atoms with E-state index in [-0.39, 0.29) is 29.2 Å². The number of aromatic nitrogens is 2. The van der Waals surface area contributed by atoms with Crippen LogP contribution in [0.15, 0.2) is 78.7 Å². The fraction of sp³-hybridized carbons (Fsp3) is 0.333. The lowest BCUT2D eigenvalue weighted by Gasteiger charge is -2.24. The average Bonchev–Trinajstić information content (AvgIpc) is 3.42. The summed E-state index contributed by atoms with van der Waals surface area (Å²) >= 11 is 0. The van der Waals surface area contributed by atoms with E-state index in [0.29, 0.717) is 36.5 Å². The van der Waals surface area contributed by atoms with Gasteiger partial charge < -0.3 is 9.47 Å². The van der Waals surface area contributed by atoms with E-state index >= 15 is 4.39 Å². The van der Waals surface area contributed by atoms with Crippen molar-refractivity contribution < 1.29 is 18.7 Å². The number of allylic oxidation sites excluding steroid dienone is 3. The molecule has 0 saturated carbocycles. The number of benzene rings is 2. The lowest BCUT2D eigenvalue weighted by atomic mass is 9.85. The van der Waals surface area contributed by atoms with Crippen LogP contribution in [0.3, 0.4) is 0 Å². The van der Waals surface area contributed by atoms with Crippen LogP contribution in [0, 0.1) is 5.82 Å². The Labute approximate surface area is 211 Å². The fourth-order valence-corrected chi connectivity index (χ4v) is 5.24. The van der Waals surface area contributed by atoms with Gasteiger partial charge in [-0.05, 0) is 73.4 Å². The number of para-hydroxylation sites is 1. The molecule has 1 saturated heterocycles. The third kappa shape index (κ3) is 4.91. The number of methoxy groups -OCH3 is 1. The highest BCUT2D eigenvalue weighted by Gasteiger charge is 2.27. The van der Waals surface area contributed by atoms with Crippen LogP contribution in [0.2, 0.25) is 0 Å². The van der Waals surface area contributed by atoms with Gasteiger partial charge in [0.05, 0.1) is 24.7 Å². The van der Waals surface area contributed by atoms with Gasteiger partial charge in [-0.2, -0.15) is 5.10 Å². The summed E-state index contributed by atoms with van der Waals surface area (Å²) in [5.41, 5.74) is 3.50. The molecule has 2 heterocycles. The molecule has 0 N–H and O–H groups in total. The topological polar surface area (TPSA) is 53.4 Å². The third-order valence-corrected chi connectivity index (χ3v) is 7.15. The molecule has 186 valence electrons. The Balaban J connectivity index is 1.49. The van der Waals surface area contributed by atoms with Gasteiger partial charge in [-0.1, -0.05) is 42.5 Å². The van der Waals surface area contributed by atoms with Crippen LogP contribution in [-0.4, -0.2) is 35.9 Å². The van der Waals surface area contributed by atoms with E-state index < -0.39 is 0 Å².